The molecule has 146 valence electrons. The number of ether oxygens (including phenoxy) is 2. The van der Waals surface area contributed by atoms with Crippen LogP contribution in [0.4, 0.5) is 10.6 Å². The predicted octanol–water partition coefficient (Wildman–Crippen LogP) is 2.08. The van der Waals surface area contributed by atoms with Crippen molar-refractivity contribution in [2.75, 3.05) is 45.7 Å². The van der Waals surface area contributed by atoms with Crippen LogP contribution in [0, 0.1) is 6.92 Å². The summed E-state index contributed by atoms with van der Waals surface area (Å²) in [4.78, 5) is 14.5. The number of nitrogens with one attached hydrogen (secondary N) is 2. The van der Waals surface area contributed by atoms with Crippen LogP contribution >= 0.6 is 0 Å². The third-order valence-corrected chi connectivity index (χ3v) is 4.54. The standard InChI is InChI=1S/C19H27N5O3/c1-14-11-18(21-19(25)23-9-4-7-20-8-10-23)24(22-14)13-15-5-6-16(26-2)17(12-15)27-3/h5-6,11-12,20H,4,7-10,13H2,1-3H3,(H,21,25). The van der Waals surface area contributed by atoms with Crippen molar-refractivity contribution in [2.24, 2.45) is 0 Å². The topological polar surface area (TPSA) is 80.7 Å². The van der Waals surface area contributed by atoms with Crippen molar-refractivity contribution in [3.05, 3.63) is 35.5 Å². The van der Waals surface area contributed by atoms with Gasteiger partial charge in [0.1, 0.15) is 5.82 Å². The summed E-state index contributed by atoms with van der Waals surface area (Å²) in [5, 5.41) is 10.8. The van der Waals surface area contributed by atoms with Gasteiger partial charge < -0.3 is 19.7 Å². The van der Waals surface area contributed by atoms with Crippen LogP contribution in [0.1, 0.15) is 17.7 Å². The van der Waals surface area contributed by atoms with E-state index in [1.54, 1.807) is 18.9 Å². The maximum Gasteiger partial charge on any atom is 0.323 e. The number of anilines is 1. The summed E-state index contributed by atoms with van der Waals surface area (Å²) in [7, 11) is 3.22. The Labute approximate surface area is 159 Å². The Hall–Kier alpha value is -2.74. The number of rotatable bonds is 5. The molecule has 1 fully saturated rings. The molecule has 8 nitrogen and oxygen atoms in total. The lowest BCUT2D eigenvalue weighted by molar-refractivity contribution is 0.215. The summed E-state index contributed by atoms with van der Waals surface area (Å²) in [5.41, 5.74) is 1.86. The van der Waals surface area contributed by atoms with Gasteiger partial charge in [-0.1, -0.05) is 6.07 Å². The van der Waals surface area contributed by atoms with E-state index in [4.69, 9.17) is 9.47 Å². The zero-order chi connectivity index (χ0) is 19.2. The minimum absolute atomic E-state index is 0.0906. The molecule has 8 heteroatoms. The van der Waals surface area contributed by atoms with Gasteiger partial charge in [0, 0.05) is 25.7 Å². The van der Waals surface area contributed by atoms with Gasteiger partial charge in [-0.05, 0) is 37.6 Å². The highest BCUT2D eigenvalue weighted by atomic mass is 16.5. The van der Waals surface area contributed by atoms with Gasteiger partial charge in [0.25, 0.3) is 0 Å². The first-order chi connectivity index (χ1) is 13.1. The van der Waals surface area contributed by atoms with Crippen molar-refractivity contribution in [3.8, 4) is 11.5 Å². The number of carbonyl (C=O) groups excluding carboxylic acids is 1. The molecule has 1 aliphatic rings. The van der Waals surface area contributed by atoms with E-state index in [-0.39, 0.29) is 6.03 Å². The number of nitrogens with zero attached hydrogens (tertiary/aromatic N) is 3. The number of hydrogen-bond acceptors (Lipinski definition) is 5. The van der Waals surface area contributed by atoms with Gasteiger partial charge in [-0.15, -0.1) is 0 Å². The van der Waals surface area contributed by atoms with Crippen molar-refractivity contribution < 1.29 is 14.3 Å². The van der Waals surface area contributed by atoms with Crippen LogP contribution in [0.25, 0.3) is 0 Å². The number of aryl methyl sites for hydroxylation is 1. The van der Waals surface area contributed by atoms with Crippen LogP contribution in [0.2, 0.25) is 0 Å². The molecule has 1 aromatic carbocycles. The molecular weight excluding hydrogens is 346 g/mol. The van der Waals surface area contributed by atoms with Crippen LogP contribution in [0.3, 0.4) is 0 Å². The second kappa shape index (κ2) is 8.77. The lowest BCUT2D eigenvalue weighted by atomic mass is 10.2. The van der Waals surface area contributed by atoms with Gasteiger partial charge in [-0.3, -0.25) is 5.32 Å². The minimum Gasteiger partial charge on any atom is -0.493 e. The minimum atomic E-state index is -0.0906. The van der Waals surface area contributed by atoms with Crippen molar-refractivity contribution in [3.63, 3.8) is 0 Å². The highest BCUT2D eigenvalue weighted by molar-refractivity contribution is 5.88. The fraction of sp³-hybridized carbons (Fsp3) is 0.474. The largest absolute Gasteiger partial charge is 0.493 e. The van der Waals surface area contributed by atoms with E-state index in [0.29, 0.717) is 30.4 Å². The van der Waals surface area contributed by atoms with E-state index in [9.17, 15) is 4.79 Å². The van der Waals surface area contributed by atoms with Crippen LogP contribution in [0.15, 0.2) is 24.3 Å². The molecule has 1 saturated heterocycles. The molecule has 3 rings (SSSR count). The van der Waals surface area contributed by atoms with Crippen LogP contribution in [-0.2, 0) is 6.54 Å². The molecule has 2 aromatic rings. The van der Waals surface area contributed by atoms with Crippen LogP contribution in [-0.4, -0.2) is 61.1 Å². The lowest BCUT2D eigenvalue weighted by Gasteiger charge is -2.20. The highest BCUT2D eigenvalue weighted by Gasteiger charge is 2.17. The second-order valence-electron chi connectivity index (χ2n) is 6.54. The zero-order valence-electron chi connectivity index (χ0n) is 16.1. The fourth-order valence-corrected chi connectivity index (χ4v) is 3.16. The number of benzene rings is 1. The quantitative estimate of drug-likeness (QED) is 0.839. The molecule has 0 spiro atoms. The summed E-state index contributed by atoms with van der Waals surface area (Å²) < 4.78 is 12.4. The number of amides is 2. The van der Waals surface area contributed by atoms with E-state index < -0.39 is 0 Å². The smallest absolute Gasteiger partial charge is 0.323 e. The predicted molar refractivity (Wildman–Crippen MR) is 104 cm³/mol. The molecule has 2 N–H and O–H groups in total. The summed E-state index contributed by atoms with van der Waals surface area (Å²) >= 11 is 0. The van der Waals surface area contributed by atoms with Crippen molar-refractivity contribution in [1.29, 1.82) is 0 Å². The first kappa shape index (κ1) is 19.0. The molecular formula is C19H27N5O3. The van der Waals surface area contributed by atoms with Gasteiger partial charge in [0.05, 0.1) is 26.5 Å². The highest BCUT2D eigenvalue weighted by Crippen LogP contribution is 2.28. The Morgan fingerprint density at radius 1 is 1.19 bits per heavy atom. The van der Waals surface area contributed by atoms with E-state index in [0.717, 1.165) is 37.3 Å². The molecule has 0 radical (unpaired) electrons. The fourth-order valence-electron chi connectivity index (χ4n) is 3.16. The van der Waals surface area contributed by atoms with Crippen molar-refractivity contribution in [1.82, 2.24) is 20.0 Å². The molecule has 27 heavy (non-hydrogen) atoms. The number of carbonyl (C=O) groups is 1. The third kappa shape index (κ3) is 4.71. The molecule has 0 aliphatic carbocycles. The van der Waals surface area contributed by atoms with Gasteiger partial charge >= 0.3 is 6.03 Å². The monoisotopic (exact) mass is 373 g/mol. The SMILES string of the molecule is COc1ccc(Cn2nc(C)cc2NC(=O)N2CCCNCC2)cc1OC. The Kier molecular flexibility index (Phi) is 6.18. The first-order valence-electron chi connectivity index (χ1n) is 9.12. The Balaban J connectivity index is 1.74. The van der Waals surface area contributed by atoms with Crippen LogP contribution in [0.5, 0.6) is 11.5 Å². The van der Waals surface area contributed by atoms with Crippen molar-refractivity contribution in [2.45, 2.75) is 19.9 Å². The number of hydrogen-bond donors (Lipinski definition) is 2. The molecule has 0 saturated carbocycles. The first-order valence-corrected chi connectivity index (χ1v) is 9.12. The Morgan fingerprint density at radius 3 is 2.78 bits per heavy atom. The van der Waals surface area contributed by atoms with Crippen molar-refractivity contribution >= 4 is 11.8 Å². The normalized spacial score (nSPS) is 14.6. The maximum atomic E-state index is 12.6. The maximum absolute atomic E-state index is 12.6. The van der Waals surface area contributed by atoms with E-state index in [1.807, 2.05) is 36.1 Å². The van der Waals surface area contributed by atoms with E-state index in [1.165, 1.54) is 0 Å². The molecule has 2 amide bonds. The Morgan fingerprint density at radius 2 is 2.00 bits per heavy atom. The summed E-state index contributed by atoms with van der Waals surface area (Å²) in [6.45, 7) is 5.65. The van der Waals surface area contributed by atoms with E-state index >= 15 is 0 Å². The van der Waals surface area contributed by atoms with Gasteiger partial charge in [-0.25, -0.2) is 9.48 Å². The number of aromatic nitrogens is 2. The molecule has 1 aromatic heterocycles. The van der Waals surface area contributed by atoms with Gasteiger partial charge in [0.2, 0.25) is 0 Å². The molecule has 0 unspecified atom stereocenters. The lowest BCUT2D eigenvalue weighted by Crippen LogP contribution is -2.37. The van der Waals surface area contributed by atoms with Gasteiger partial charge in [0.15, 0.2) is 11.5 Å². The summed E-state index contributed by atoms with van der Waals surface area (Å²) in [6, 6.07) is 7.54. The summed E-state index contributed by atoms with van der Waals surface area (Å²) in [6.07, 6.45) is 0.956. The third-order valence-electron chi connectivity index (χ3n) is 4.54. The van der Waals surface area contributed by atoms with Crippen LogP contribution < -0.4 is 20.1 Å². The average Bonchev–Trinajstić information content (AvgIpc) is 2.87. The number of methoxy groups -OCH3 is 2. The van der Waals surface area contributed by atoms with E-state index in [2.05, 4.69) is 15.7 Å². The van der Waals surface area contributed by atoms with Gasteiger partial charge in [-0.2, -0.15) is 5.10 Å². The zero-order valence-corrected chi connectivity index (χ0v) is 16.1. The molecule has 0 atom stereocenters. The Bertz CT molecular complexity index is 782. The second-order valence-corrected chi connectivity index (χ2v) is 6.54. The molecule has 1 aliphatic heterocycles. The molecule has 2 heterocycles. The molecule has 0 bridgehead atoms. The summed E-state index contributed by atoms with van der Waals surface area (Å²) in [5.74, 6) is 2.03. The number of urea groups is 1. The average molecular weight is 373 g/mol.